The SMILES string of the molecule is COc1ccc2cc(CN3C[C@@H]4CC[C@@](O)(c5ccc(C)cn5)[C@@H]4C3)c(OC)nc2c1. The van der Waals surface area contributed by atoms with E-state index in [1.165, 1.54) is 0 Å². The second kappa shape index (κ2) is 7.77. The van der Waals surface area contributed by atoms with E-state index >= 15 is 0 Å². The first kappa shape index (κ1) is 20.2. The molecule has 0 bridgehead atoms. The van der Waals surface area contributed by atoms with Gasteiger partial charge in [-0.3, -0.25) is 9.88 Å². The fourth-order valence-electron chi connectivity index (χ4n) is 5.39. The van der Waals surface area contributed by atoms with Gasteiger partial charge in [-0.25, -0.2) is 4.98 Å². The Morgan fingerprint density at radius 1 is 1.13 bits per heavy atom. The lowest BCUT2D eigenvalue weighted by atomic mass is 9.85. The van der Waals surface area contributed by atoms with Gasteiger partial charge in [-0.05, 0) is 55.5 Å². The first-order chi connectivity index (χ1) is 15.0. The number of likely N-dealkylation sites (tertiary alicyclic amines) is 1. The number of aliphatic hydroxyl groups is 1. The number of aromatic nitrogens is 2. The smallest absolute Gasteiger partial charge is 0.218 e. The Kier molecular flexibility index (Phi) is 5.07. The van der Waals surface area contributed by atoms with Crippen LogP contribution in [0.3, 0.4) is 0 Å². The number of ether oxygens (including phenoxy) is 2. The Balaban J connectivity index is 1.38. The highest BCUT2D eigenvalue weighted by Gasteiger charge is 2.53. The van der Waals surface area contributed by atoms with Crippen LogP contribution in [-0.4, -0.2) is 47.3 Å². The maximum Gasteiger partial charge on any atom is 0.218 e. The average Bonchev–Trinajstić information content (AvgIpc) is 3.33. The molecule has 2 fully saturated rings. The molecule has 1 N–H and O–H groups in total. The Morgan fingerprint density at radius 3 is 2.74 bits per heavy atom. The third-order valence-corrected chi connectivity index (χ3v) is 7.03. The number of aryl methyl sites for hydroxylation is 1. The van der Waals surface area contributed by atoms with E-state index in [0.717, 1.165) is 65.9 Å². The summed E-state index contributed by atoms with van der Waals surface area (Å²) in [5, 5.41) is 12.6. The summed E-state index contributed by atoms with van der Waals surface area (Å²) in [6, 6.07) is 12.1. The Morgan fingerprint density at radius 2 is 2.00 bits per heavy atom. The van der Waals surface area contributed by atoms with E-state index in [4.69, 9.17) is 14.5 Å². The summed E-state index contributed by atoms with van der Waals surface area (Å²) in [5.41, 5.74) is 3.01. The van der Waals surface area contributed by atoms with Gasteiger partial charge in [-0.2, -0.15) is 0 Å². The number of hydrogen-bond acceptors (Lipinski definition) is 6. The first-order valence-corrected chi connectivity index (χ1v) is 10.9. The van der Waals surface area contributed by atoms with Crippen molar-refractivity contribution < 1.29 is 14.6 Å². The molecule has 1 aromatic carbocycles. The summed E-state index contributed by atoms with van der Waals surface area (Å²) in [6.07, 6.45) is 3.67. The van der Waals surface area contributed by atoms with Gasteiger partial charge in [-0.1, -0.05) is 6.07 Å². The molecule has 2 aromatic heterocycles. The molecule has 1 aliphatic heterocycles. The topological polar surface area (TPSA) is 67.7 Å². The van der Waals surface area contributed by atoms with Gasteiger partial charge in [0, 0.05) is 48.8 Å². The van der Waals surface area contributed by atoms with Crippen molar-refractivity contribution in [3.63, 3.8) is 0 Å². The van der Waals surface area contributed by atoms with Crippen molar-refractivity contribution in [2.45, 2.75) is 31.9 Å². The van der Waals surface area contributed by atoms with Crippen LogP contribution in [0.4, 0.5) is 0 Å². The van der Waals surface area contributed by atoms with Gasteiger partial charge in [0.2, 0.25) is 5.88 Å². The third kappa shape index (κ3) is 3.54. The normalized spacial score (nSPS) is 25.7. The minimum atomic E-state index is -0.838. The summed E-state index contributed by atoms with van der Waals surface area (Å²) in [7, 11) is 3.32. The van der Waals surface area contributed by atoms with Crippen molar-refractivity contribution in [3.05, 3.63) is 59.4 Å². The lowest BCUT2D eigenvalue weighted by Crippen LogP contribution is -2.35. The highest BCUT2D eigenvalue weighted by atomic mass is 16.5. The fourth-order valence-corrected chi connectivity index (χ4v) is 5.39. The number of methoxy groups -OCH3 is 2. The molecule has 1 saturated carbocycles. The molecule has 3 aromatic rings. The van der Waals surface area contributed by atoms with E-state index < -0.39 is 5.60 Å². The van der Waals surface area contributed by atoms with Crippen LogP contribution >= 0.6 is 0 Å². The largest absolute Gasteiger partial charge is 0.497 e. The van der Waals surface area contributed by atoms with Gasteiger partial charge < -0.3 is 14.6 Å². The number of benzene rings is 1. The molecular weight excluding hydrogens is 390 g/mol. The molecule has 6 heteroatoms. The van der Waals surface area contributed by atoms with E-state index in [1.807, 2.05) is 43.5 Å². The number of rotatable bonds is 5. The van der Waals surface area contributed by atoms with Gasteiger partial charge in [0.15, 0.2) is 0 Å². The maximum atomic E-state index is 11.6. The molecule has 1 saturated heterocycles. The molecule has 3 heterocycles. The number of hydrogen-bond donors (Lipinski definition) is 1. The predicted molar refractivity (Wildman–Crippen MR) is 119 cm³/mol. The zero-order chi connectivity index (χ0) is 21.6. The van der Waals surface area contributed by atoms with Gasteiger partial charge in [0.05, 0.1) is 25.4 Å². The van der Waals surface area contributed by atoms with Gasteiger partial charge >= 0.3 is 0 Å². The minimum Gasteiger partial charge on any atom is -0.497 e. The highest BCUT2D eigenvalue weighted by molar-refractivity contribution is 5.81. The molecule has 2 aliphatic rings. The van der Waals surface area contributed by atoms with Crippen LogP contribution in [-0.2, 0) is 12.1 Å². The van der Waals surface area contributed by atoms with Crippen LogP contribution in [0.5, 0.6) is 11.6 Å². The van der Waals surface area contributed by atoms with E-state index in [0.29, 0.717) is 11.8 Å². The molecule has 0 amide bonds. The van der Waals surface area contributed by atoms with Crippen molar-refractivity contribution in [3.8, 4) is 11.6 Å². The van der Waals surface area contributed by atoms with E-state index in [2.05, 4.69) is 16.0 Å². The molecule has 6 nitrogen and oxygen atoms in total. The Hall–Kier alpha value is -2.70. The zero-order valence-corrected chi connectivity index (χ0v) is 18.3. The van der Waals surface area contributed by atoms with E-state index in [1.54, 1.807) is 14.2 Å². The second-order valence-corrected chi connectivity index (χ2v) is 8.96. The Labute approximate surface area is 182 Å². The van der Waals surface area contributed by atoms with Crippen molar-refractivity contribution in [1.29, 1.82) is 0 Å². The second-order valence-electron chi connectivity index (χ2n) is 8.96. The summed E-state index contributed by atoms with van der Waals surface area (Å²) in [5.74, 6) is 2.11. The van der Waals surface area contributed by atoms with Crippen molar-refractivity contribution in [2.75, 3.05) is 27.3 Å². The van der Waals surface area contributed by atoms with E-state index in [9.17, 15) is 5.11 Å². The lowest BCUT2D eigenvalue weighted by Gasteiger charge is -2.30. The molecule has 162 valence electrons. The molecule has 1 aliphatic carbocycles. The quantitative estimate of drug-likeness (QED) is 0.680. The molecule has 0 radical (unpaired) electrons. The molecule has 5 rings (SSSR count). The molecular formula is C25H29N3O3. The van der Waals surface area contributed by atoms with E-state index in [-0.39, 0.29) is 5.92 Å². The summed E-state index contributed by atoms with van der Waals surface area (Å²) >= 11 is 0. The van der Waals surface area contributed by atoms with Crippen LogP contribution in [0.2, 0.25) is 0 Å². The van der Waals surface area contributed by atoms with Crippen LogP contribution in [0.15, 0.2) is 42.6 Å². The minimum absolute atomic E-state index is 0.200. The average molecular weight is 420 g/mol. The monoisotopic (exact) mass is 419 g/mol. The van der Waals surface area contributed by atoms with Crippen LogP contribution in [0, 0.1) is 18.8 Å². The molecule has 3 atom stereocenters. The van der Waals surface area contributed by atoms with Gasteiger partial charge in [0.25, 0.3) is 0 Å². The van der Waals surface area contributed by atoms with Gasteiger partial charge in [0.1, 0.15) is 11.4 Å². The first-order valence-electron chi connectivity index (χ1n) is 10.9. The van der Waals surface area contributed by atoms with Crippen LogP contribution in [0.25, 0.3) is 10.9 Å². The number of nitrogens with zero attached hydrogens (tertiary/aromatic N) is 3. The fraction of sp³-hybridized carbons (Fsp3) is 0.440. The highest BCUT2D eigenvalue weighted by Crippen LogP contribution is 2.50. The molecule has 0 spiro atoms. The van der Waals surface area contributed by atoms with Crippen LogP contribution in [0.1, 0.15) is 29.7 Å². The van der Waals surface area contributed by atoms with Gasteiger partial charge in [-0.15, -0.1) is 0 Å². The summed E-state index contributed by atoms with van der Waals surface area (Å²) < 4.78 is 10.9. The Bertz CT molecular complexity index is 1100. The number of fused-ring (bicyclic) bond motifs is 2. The van der Waals surface area contributed by atoms with Crippen molar-refractivity contribution >= 4 is 10.9 Å². The summed E-state index contributed by atoms with van der Waals surface area (Å²) in [6.45, 7) is 4.60. The number of pyridine rings is 2. The lowest BCUT2D eigenvalue weighted by molar-refractivity contribution is -0.0108. The molecule has 31 heavy (non-hydrogen) atoms. The predicted octanol–water partition coefficient (Wildman–Crippen LogP) is 3.69. The zero-order valence-electron chi connectivity index (χ0n) is 18.3. The van der Waals surface area contributed by atoms with Crippen molar-refractivity contribution in [2.24, 2.45) is 11.8 Å². The third-order valence-electron chi connectivity index (χ3n) is 7.03. The van der Waals surface area contributed by atoms with Crippen LogP contribution < -0.4 is 9.47 Å². The van der Waals surface area contributed by atoms with Crippen molar-refractivity contribution in [1.82, 2.24) is 14.9 Å². The molecule has 0 unspecified atom stereocenters. The summed E-state index contributed by atoms with van der Waals surface area (Å²) in [4.78, 5) is 11.7. The maximum absolute atomic E-state index is 11.6. The standard InChI is InChI=1S/C25H29N3O3/c1-16-4-7-23(26-12-16)25(29)9-8-18-13-28(15-21(18)25)14-19-10-17-5-6-20(30-2)11-22(17)27-24(19)31-3/h4-7,10-12,18,21,29H,8-9,13-15H2,1-3H3/t18-,21+,25-/m0/s1.